The number of aliphatic hydroxyl groups excluding tert-OH is 1. The van der Waals surface area contributed by atoms with Gasteiger partial charge < -0.3 is 10.0 Å². The summed E-state index contributed by atoms with van der Waals surface area (Å²) in [5.74, 6) is -0.685. The molecule has 1 N–H and O–H groups in total. The summed E-state index contributed by atoms with van der Waals surface area (Å²) in [6.07, 6.45) is -5.01. The number of anilines is 1. The van der Waals surface area contributed by atoms with Gasteiger partial charge in [0.2, 0.25) is 0 Å². The highest BCUT2D eigenvalue weighted by atomic mass is 19.4. The molecule has 0 aliphatic carbocycles. The van der Waals surface area contributed by atoms with E-state index in [1.54, 1.807) is 19.9 Å². The highest BCUT2D eigenvalue weighted by Gasteiger charge is 2.37. The Bertz CT molecular complexity index is 721. The number of aliphatic hydroxyl groups is 1. The normalized spacial score (nSPS) is 18.3. The minimum atomic E-state index is -4.60. The predicted octanol–water partition coefficient (Wildman–Crippen LogP) is 0.954. The van der Waals surface area contributed by atoms with Crippen molar-refractivity contribution in [3.8, 4) is 0 Å². The molecule has 1 aliphatic heterocycles. The first kappa shape index (κ1) is 16.9. The summed E-state index contributed by atoms with van der Waals surface area (Å²) in [5.41, 5.74) is 0.588. The smallest absolute Gasteiger partial charge is 0.392 e. The molecular formula is C14H19F3N6O. The van der Waals surface area contributed by atoms with E-state index in [0.717, 1.165) is 4.52 Å². The lowest BCUT2D eigenvalue weighted by atomic mass is 10.2. The molecule has 7 nitrogen and oxygen atoms in total. The number of piperazine rings is 1. The first-order valence-corrected chi connectivity index (χ1v) is 7.71. The standard InChI is InChI=1S/C14H19F3N6O/c1-9-7-11(22-5-3-21(4-6-22)8-10(2)24)23-13(18-9)19-12(20-23)14(15,16)17/h7,10,24H,3-6,8H2,1-2H3/t10-/m1/s1. The maximum atomic E-state index is 12.9. The predicted molar refractivity (Wildman–Crippen MR) is 80.9 cm³/mol. The van der Waals surface area contributed by atoms with Gasteiger partial charge in [-0.2, -0.15) is 22.7 Å². The molecule has 1 fully saturated rings. The fourth-order valence-electron chi connectivity index (χ4n) is 2.85. The molecule has 0 amide bonds. The van der Waals surface area contributed by atoms with Crippen LogP contribution in [0, 0.1) is 6.92 Å². The molecule has 0 radical (unpaired) electrons. The van der Waals surface area contributed by atoms with Gasteiger partial charge in [0.25, 0.3) is 11.6 Å². The molecule has 0 spiro atoms. The summed E-state index contributed by atoms with van der Waals surface area (Å²) in [7, 11) is 0. The summed E-state index contributed by atoms with van der Waals surface area (Å²) < 4.78 is 39.7. The Morgan fingerprint density at radius 2 is 1.88 bits per heavy atom. The molecule has 0 saturated carbocycles. The van der Waals surface area contributed by atoms with Crippen LogP contribution in [0.1, 0.15) is 18.4 Å². The van der Waals surface area contributed by atoms with E-state index in [0.29, 0.717) is 44.2 Å². The molecule has 0 bridgehead atoms. The number of rotatable bonds is 3. The van der Waals surface area contributed by atoms with Crippen molar-refractivity contribution in [1.29, 1.82) is 0 Å². The zero-order chi connectivity index (χ0) is 17.5. The van der Waals surface area contributed by atoms with Gasteiger partial charge in [0.05, 0.1) is 6.10 Å². The average Bonchev–Trinajstić information content (AvgIpc) is 2.90. The number of aromatic nitrogens is 4. The number of fused-ring (bicyclic) bond motifs is 1. The highest BCUT2D eigenvalue weighted by molar-refractivity contribution is 5.48. The SMILES string of the molecule is Cc1cc(N2CCN(C[C@@H](C)O)CC2)n2nc(C(F)(F)F)nc2n1. The van der Waals surface area contributed by atoms with E-state index in [9.17, 15) is 18.3 Å². The number of β-amino-alcohol motifs (C(OH)–C–C–N with tert-alkyl or cyclic N) is 1. The molecule has 24 heavy (non-hydrogen) atoms. The zero-order valence-electron chi connectivity index (χ0n) is 13.5. The van der Waals surface area contributed by atoms with E-state index in [2.05, 4.69) is 20.0 Å². The van der Waals surface area contributed by atoms with Gasteiger partial charge in [-0.15, -0.1) is 5.10 Å². The number of aryl methyl sites for hydroxylation is 1. The quantitative estimate of drug-likeness (QED) is 0.894. The fourth-order valence-corrected chi connectivity index (χ4v) is 2.85. The van der Waals surface area contributed by atoms with Crippen molar-refractivity contribution in [3.05, 3.63) is 17.6 Å². The van der Waals surface area contributed by atoms with Crippen molar-refractivity contribution in [2.45, 2.75) is 26.1 Å². The number of halogens is 3. The van der Waals surface area contributed by atoms with Crippen LogP contribution in [0.25, 0.3) is 5.78 Å². The summed E-state index contributed by atoms with van der Waals surface area (Å²) in [4.78, 5) is 11.6. The second-order valence-corrected chi connectivity index (χ2v) is 6.04. The molecular weight excluding hydrogens is 325 g/mol. The van der Waals surface area contributed by atoms with Gasteiger partial charge in [-0.1, -0.05) is 0 Å². The highest BCUT2D eigenvalue weighted by Crippen LogP contribution is 2.28. The summed E-state index contributed by atoms with van der Waals surface area (Å²) in [6, 6.07) is 1.71. The second kappa shape index (κ2) is 6.17. The number of hydrogen-bond acceptors (Lipinski definition) is 6. The lowest BCUT2D eigenvalue weighted by molar-refractivity contribution is -0.144. The van der Waals surface area contributed by atoms with E-state index in [1.165, 1.54) is 0 Å². The summed E-state index contributed by atoms with van der Waals surface area (Å²) in [6.45, 7) is 6.73. The minimum Gasteiger partial charge on any atom is -0.392 e. The van der Waals surface area contributed by atoms with Gasteiger partial charge >= 0.3 is 6.18 Å². The van der Waals surface area contributed by atoms with Crippen LogP contribution in [0.4, 0.5) is 19.0 Å². The van der Waals surface area contributed by atoms with Crippen molar-refractivity contribution in [2.24, 2.45) is 0 Å². The van der Waals surface area contributed by atoms with Gasteiger partial charge in [-0.3, -0.25) is 4.90 Å². The Balaban J connectivity index is 1.88. The first-order chi connectivity index (χ1) is 11.2. The third kappa shape index (κ3) is 3.44. The van der Waals surface area contributed by atoms with Gasteiger partial charge in [-0.25, -0.2) is 4.98 Å². The maximum Gasteiger partial charge on any atom is 0.453 e. The zero-order valence-corrected chi connectivity index (χ0v) is 13.5. The van der Waals surface area contributed by atoms with Crippen LogP contribution in [-0.4, -0.2) is 68.4 Å². The molecule has 10 heteroatoms. The minimum absolute atomic E-state index is 0.0521. The van der Waals surface area contributed by atoms with Crippen molar-refractivity contribution in [1.82, 2.24) is 24.5 Å². The largest absolute Gasteiger partial charge is 0.453 e. The van der Waals surface area contributed by atoms with Crippen LogP contribution in [0.2, 0.25) is 0 Å². The van der Waals surface area contributed by atoms with E-state index in [-0.39, 0.29) is 5.78 Å². The third-order valence-corrected chi connectivity index (χ3v) is 3.89. The monoisotopic (exact) mass is 344 g/mol. The Kier molecular flexibility index (Phi) is 4.35. The Morgan fingerprint density at radius 3 is 2.46 bits per heavy atom. The van der Waals surface area contributed by atoms with Crippen LogP contribution in [0.15, 0.2) is 6.07 Å². The lowest BCUT2D eigenvalue weighted by Crippen LogP contribution is -2.48. The fraction of sp³-hybridized carbons (Fsp3) is 0.643. The van der Waals surface area contributed by atoms with Crippen molar-refractivity contribution < 1.29 is 18.3 Å². The number of nitrogens with zero attached hydrogens (tertiary/aromatic N) is 6. The van der Waals surface area contributed by atoms with Gasteiger partial charge in [0.1, 0.15) is 5.82 Å². The van der Waals surface area contributed by atoms with E-state index >= 15 is 0 Å². The van der Waals surface area contributed by atoms with Gasteiger partial charge in [0, 0.05) is 44.5 Å². The maximum absolute atomic E-state index is 12.9. The lowest BCUT2D eigenvalue weighted by Gasteiger charge is -2.36. The van der Waals surface area contributed by atoms with Crippen LogP contribution < -0.4 is 4.90 Å². The summed E-state index contributed by atoms with van der Waals surface area (Å²) in [5, 5.41) is 13.0. The van der Waals surface area contributed by atoms with Crippen LogP contribution >= 0.6 is 0 Å². The first-order valence-electron chi connectivity index (χ1n) is 7.71. The van der Waals surface area contributed by atoms with Gasteiger partial charge in [0.15, 0.2) is 0 Å². The molecule has 0 unspecified atom stereocenters. The van der Waals surface area contributed by atoms with Crippen molar-refractivity contribution >= 4 is 11.6 Å². The van der Waals surface area contributed by atoms with E-state index < -0.39 is 18.1 Å². The van der Waals surface area contributed by atoms with Crippen molar-refractivity contribution in [3.63, 3.8) is 0 Å². The molecule has 3 rings (SSSR count). The van der Waals surface area contributed by atoms with Gasteiger partial charge in [-0.05, 0) is 13.8 Å². The molecule has 3 heterocycles. The molecule has 0 aromatic carbocycles. The Hall–Kier alpha value is -1.94. The number of alkyl halides is 3. The van der Waals surface area contributed by atoms with E-state index in [1.807, 2.05) is 4.90 Å². The molecule has 132 valence electrons. The molecule has 1 aliphatic rings. The molecule has 1 saturated heterocycles. The van der Waals surface area contributed by atoms with Crippen LogP contribution in [0.5, 0.6) is 0 Å². The Morgan fingerprint density at radius 1 is 1.21 bits per heavy atom. The molecule has 2 aromatic rings. The summed E-state index contributed by atoms with van der Waals surface area (Å²) >= 11 is 0. The topological polar surface area (TPSA) is 69.8 Å². The van der Waals surface area contributed by atoms with Crippen LogP contribution in [0.3, 0.4) is 0 Å². The number of hydrogen-bond donors (Lipinski definition) is 1. The van der Waals surface area contributed by atoms with E-state index in [4.69, 9.17) is 0 Å². The average molecular weight is 344 g/mol. The second-order valence-electron chi connectivity index (χ2n) is 6.04. The Labute approximate surface area is 136 Å². The van der Waals surface area contributed by atoms with Crippen LogP contribution in [-0.2, 0) is 6.18 Å². The molecule has 2 aromatic heterocycles. The third-order valence-electron chi connectivity index (χ3n) is 3.89. The molecule has 1 atom stereocenters. The van der Waals surface area contributed by atoms with Crippen molar-refractivity contribution in [2.75, 3.05) is 37.6 Å².